The van der Waals surface area contributed by atoms with E-state index in [4.69, 9.17) is 10.2 Å². The van der Waals surface area contributed by atoms with E-state index in [0.29, 0.717) is 11.7 Å². The number of nitrogen functional groups attached to an aromatic ring is 1. The number of nitrogens with one attached hydrogen (secondary N) is 1. The van der Waals surface area contributed by atoms with E-state index < -0.39 is 23.2 Å². The van der Waals surface area contributed by atoms with Crippen LogP contribution in [0.3, 0.4) is 0 Å². The number of carbonyl (C=O) groups is 1. The molecule has 1 aromatic heterocycles. The molecule has 0 fully saturated rings. The molecule has 3 N–H and O–H groups in total. The zero-order valence-electron chi connectivity index (χ0n) is 10.0. The molecule has 2 rings (SSSR count). The molecule has 0 radical (unpaired) electrons. The Morgan fingerprint density at radius 2 is 2.05 bits per heavy atom. The molecule has 0 aliphatic rings. The number of halogens is 2. The summed E-state index contributed by atoms with van der Waals surface area (Å²) in [5.41, 5.74) is 4.34. The lowest BCUT2D eigenvalue weighted by atomic mass is 10.1. The van der Waals surface area contributed by atoms with Gasteiger partial charge in [-0.2, -0.15) is 0 Å². The van der Waals surface area contributed by atoms with Gasteiger partial charge in [0.1, 0.15) is 23.1 Å². The number of hydrogen-bond donors (Lipinski definition) is 2. The Balaban J connectivity index is 2.08. The smallest absolute Gasteiger partial charge is 0.251 e. The minimum atomic E-state index is -0.975. The number of carbonyl (C=O) groups excluding carboxylic acids is 1. The van der Waals surface area contributed by atoms with Crippen molar-refractivity contribution in [3.05, 3.63) is 47.2 Å². The highest BCUT2D eigenvalue weighted by atomic mass is 19.1. The molecule has 1 aromatic carbocycles. The minimum Gasteiger partial charge on any atom is -0.444 e. The second-order valence-corrected chi connectivity index (χ2v) is 3.90. The van der Waals surface area contributed by atoms with Gasteiger partial charge in [-0.05, 0) is 19.1 Å². The van der Waals surface area contributed by atoms with Gasteiger partial charge in [-0.1, -0.05) is 0 Å². The van der Waals surface area contributed by atoms with Crippen LogP contribution >= 0.6 is 0 Å². The molecule has 0 saturated carbocycles. The van der Waals surface area contributed by atoms with E-state index in [2.05, 4.69) is 10.3 Å². The van der Waals surface area contributed by atoms with Gasteiger partial charge in [-0.15, -0.1) is 0 Å². The molecular formula is C12H11F2N3O2. The summed E-state index contributed by atoms with van der Waals surface area (Å²) in [6.07, 6.45) is 1.50. The molecular weight excluding hydrogens is 256 g/mol. The van der Waals surface area contributed by atoms with Crippen LogP contribution in [-0.2, 0) is 6.54 Å². The van der Waals surface area contributed by atoms with Crippen LogP contribution in [0.5, 0.6) is 0 Å². The molecule has 5 nitrogen and oxygen atoms in total. The molecule has 0 aliphatic heterocycles. The van der Waals surface area contributed by atoms with Crippen molar-refractivity contribution < 1.29 is 18.0 Å². The van der Waals surface area contributed by atoms with Crippen LogP contribution in [0.4, 0.5) is 14.5 Å². The molecule has 7 heteroatoms. The van der Waals surface area contributed by atoms with Crippen LogP contribution in [0, 0.1) is 18.6 Å². The summed E-state index contributed by atoms with van der Waals surface area (Å²) in [6, 6.07) is 1.74. The standard InChI is InChI=1S/C12H11F2N3O2/c1-6-4-16-10(19-6)5-17-12(18)7-2-8(13)11(15)9(14)3-7/h2-4H,5,15H2,1H3,(H,17,18). The summed E-state index contributed by atoms with van der Waals surface area (Å²) in [5.74, 6) is -1.68. The Hall–Kier alpha value is -2.44. The number of nitrogens with two attached hydrogens (primary N) is 1. The van der Waals surface area contributed by atoms with E-state index >= 15 is 0 Å². The molecule has 19 heavy (non-hydrogen) atoms. The first-order valence-electron chi connectivity index (χ1n) is 5.41. The number of aromatic nitrogens is 1. The van der Waals surface area contributed by atoms with Gasteiger partial charge in [0.2, 0.25) is 5.89 Å². The molecule has 0 unspecified atom stereocenters. The molecule has 0 aliphatic carbocycles. The third-order valence-corrected chi connectivity index (χ3v) is 2.41. The molecule has 1 amide bonds. The van der Waals surface area contributed by atoms with Crippen molar-refractivity contribution in [2.75, 3.05) is 5.73 Å². The van der Waals surface area contributed by atoms with Gasteiger partial charge < -0.3 is 15.5 Å². The van der Waals surface area contributed by atoms with Crippen molar-refractivity contribution in [1.82, 2.24) is 10.3 Å². The summed E-state index contributed by atoms with van der Waals surface area (Å²) >= 11 is 0. The van der Waals surface area contributed by atoms with Gasteiger partial charge >= 0.3 is 0 Å². The summed E-state index contributed by atoms with van der Waals surface area (Å²) in [5, 5.41) is 2.43. The third-order valence-electron chi connectivity index (χ3n) is 2.41. The SMILES string of the molecule is Cc1cnc(CNC(=O)c2cc(F)c(N)c(F)c2)o1. The number of benzene rings is 1. The van der Waals surface area contributed by atoms with E-state index in [1.165, 1.54) is 6.20 Å². The number of aryl methyl sites for hydroxylation is 1. The number of oxazole rings is 1. The van der Waals surface area contributed by atoms with Crippen LogP contribution in [-0.4, -0.2) is 10.9 Å². The highest BCUT2D eigenvalue weighted by Crippen LogP contribution is 2.17. The van der Waals surface area contributed by atoms with Gasteiger partial charge in [0.05, 0.1) is 12.7 Å². The largest absolute Gasteiger partial charge is 0.444 e. The second-order valence-electron chi connectivity index (χ2n) is 3.90. The summed E-state index contributed by atoms with van der Waals surface area (Å²) in [7, 11) is 0. The van der Waals surface area contributed by atoms with Gasteiger partial charge in [-0.3, -0.25) is 4.79 Å². The Morgan fingerprint density at radius 1 is 1.42 bits per heavy atom. The van der Waals surface area contributed by atoms with E-state index in [1.54, 1.807) is 6.92 Å². The van der Waals surface area contributed by atoms with Crippen molar-refractivity contribution in [2.45, 2.75) is 13.5 Å². The van der Waals surface area contributed by atoms with Crippen molar-refractivity contribution >= 4 is 11.6 Å². The zero-order valence-corrected chi connectivity index (χ0v) is 10.0. The number of anilines is 1. The fourth-order valence-electron chi connectivity index (χ4n) is 1.46. The van der Waals surface area contributed by atoms with Crippen LogP contribution in [0.15, 0.2) is 22.7 Å². The highest BCUT2D eigenvalue weighted by molar-refractivity contribution is 5.94. The summed E-state index contributed by atoms with van der Waals surface area (Å²) in [4.78, 5) is 15.6. The van der Waals surface area contributed by atoms with Gasteiger partial charge in [0.25, 0.3) is 5.91 Å². The van der Waals surface area contributed by atoms with E-state index in [1.807, 2.05) is 0 Å². The van der Waals surface area contributed by atoms with Crippen molar-refractivity contribution in [3.8, 4) is 0 Å². The van der Waals surface area contributed by atoms with Crippen molar-refractivity contribution in [1.29, 1.82) is 0 Å². The summed E-state index contributed by atoms with van der Waals surface area (Å²) < 4.78 is 31.5. The van der Waals surface area contributed by atoms with Gasteiger partial charge in [0, 0.05) is 5.56 Å². The highest BCUT2D eigenvalue weighted by Gasteiger charge is 2.13. The molecule has 0 spiro atoms. The number of hydrogen-bond acceptors (Lipinski definition) is 4. The predicted molar refractivity (Wildman–Crippen MR) is 63.2 cm³/mol. The lowest BCUT2D eigenvalue weighted by Gasteiger charge is -2.05. The topological polar surface area (TPSA) is 81.2 Å². The molecule has 0 bridgehead atoms. The van der Waals surface area contributed by atoms with Crippen molar-refractivity contribution in [2.24, 2.45) is 0 Å². The molecule has 0 saturated heterocycles. The first-order chi connectivity index (χ1) is 8.97. The first kappa shape index (κ1) is 13.0. The Bertz CT molecular complexity index is 602. The quantitative estimate of drug-likeness (QED) is 0.830. The minimum absolute atomic E-state index is 0.0281. The average Bonchev–Trinajstić information content (AvgIpc) is 2.78. The van der Waals surface area contributed by atoms with E-state index in [9.17, 15) is 13.6 Å². The summed E-state index contributed by atoms with van der Waals surface area (Å²) in [6.45, 7) is 1.74. The van der Waals surface area contributed by atoms with E-state index in [0.717, 1.165) is 12.1 Å². The molecule has 1 heterocycles. The zero-order chi connectivity index (χ0) is 14.0. The van der Waals surface area contributed by atoms with E-state index in [-0.39, 0.29) is 12.1 Å². The van der Waals surface area contributed by atoms with Crippen LogP contribution in [0.1, 0.15) is 22.0 Å². The van der Waals surface area contributed by atoms with Gasteiger partial charge in [-0.25, -0.2) is 13.8 Å². The maximum absolute atomic E-state index is 13.2. The number of rotatable bonds is 3. The van der Waals surface area contributed by atoms with Crippen LogP contribution < -0.4 is 11.1 Å². The predicted octanol–water partition coefficient (Wildman–Crippen LogP) is 1.77. The monoisotopic (exact) mass is 267 g/mol. The maximum atomic E-state index is 13.2. The first-order valence-corrected chi connectivity index (χ1v) is 5.41. The lowest BCUT2D eigenvalue weighted by molar-refractivity contribution is 0.0946. The van der Waals surface area contributed by atoms with Gasteiger partial charge in [0.15, 0.2) is 0 Å². The Labute approximate surface area is 107 Å². The van der Waals surface area contributed by atoms with Crippen molar-refractivity contribution in [3.63, 3.8) is 0 Å². The Kier molecular flexibility index (Phi) is 3.46. The lowest BCUT2D eigenvalue weighted by Crippen LogP contribution is -2.23. The average molecular weight is 267 g/mol. The Morgan fingerprint density at radius 3 is 2.58 bits per heavy atom. The fourth-order valence-corrected chi connectivity index (χ4v) is 1.46. The van der Waals surface area contributed by atoms with Crippen LogP contribution in [0.25, 0.3) is 0 Å². The normalized spacial score (nSPS) is 10.5. The second kappa shape index (κ2) is 5.05. The molecule has 0 atom stereocenters. The van der Waals surface area contributed by atoms with Crippen LogP contribution in [0.2, 0.25) is 0 Å². The number of amides is 1. The maximum Gasteiger partial charge on any atom is 0.251 e. The number of nitrogens with zero attached hydrogens (tertiary/aromatic N) is 1. The molecule has 100 valence electrons. The third kappa shape index (κ3) is 2.87. The fraction of sp³-hybridized carbons (Fsp3) is 0.167. The molecule has 2 aromatic rings.